The van der Waals surface area contributed by atoms with Crippen LogP contribution in [-0.2, 0) is 16.1 Å². The van der Waals surface area contributed by atoms with E-state index in [4.69, 9.17) is 4.74 Å². The van der Waals surface area contributed by atoms with Crippen LogP contribution in [0.5, 0.6) is 0 Å². The molecule has 2 heterocycles. The quantitative estimate of drug-likeness (QED) is 0.924. The number of hydrogen-bond donors (Lipinski definition) is 1. The molecule has 0 spiro atoms. The molecule has 3 aliphatic rings. The second-order valence-corrected chi connectivity index (χ2v) is 7.00. The average molecular weight is 300 g/mol. The number of nitrogens with one attached hydrogen (secondary N) is 1. The number of carbonyl (C=O) groups is 1. The van der Waals surface area contributed by atoms with E-state index in [0.717, 1.165) is 51.9 Å². The first-order valence-electron chi connectivity index (χ1n) is 8.45. The highest BCUT2D eigenvalue weighted by Gasteiger charge is 2.53. The van der Waals surface area contributed by atoms with Crippen molar-refractivity contribution in [3.8, 4) is 0 Å². The molecule has 4 heteroatoms. The van der Waals surface area contributed by atoms with Crippen molar-refractivity contribution in [2.75, 3.05) is 19.7 Å². The molecule has 2 aliphatic heterocycles. The van der Waals surface area contributed by atoms with Crippen LogP contribution in [0.15, 0.2) is 30.3 Å². The van der Waals surface area contributed by atoms with E-state index in [0.29, 0.717) is 6.04 Å². The van der Waals surface area contributed by atoms with Crippen LogP contribution in [-0.4, -0.2) is 42.6 Å². The number of amides is 1. The average Bonchev–Trinajstić information content (AvgIpc) is 3.24. The lowest BCUT2D eigenvalue weighted by Crippen LogP contribution is -2.57. The topological polar surface area (TPSA) is 41.6 Å². The number of benzene rings is 1. The second kappa shape index (κ2) is 5.67. The zero-order valence-electron chi connectivity index (χ0n) is 13.0. The molecule has 0 radical (unpaired) electrons. The van der Waals surface area contributed by atoms with E-state index in [9.17, 15) is 4.79 Å². The van der Waals surface area contributed by atoms with Crippen LogP contribution in [0.2, 0.25) is 0 Å². The Hall–Kier alpha value is -1.39. The summed E-state index contributed by atoms with van der Waals surface area (Å²) in [5.41, 5.74) is 0.993. The molecule has 22 heavy (non-hydrogen) atoms. The molecule has 4 rings (SSSR count). The predicted molar refractivity (Wildman–Crippen MR) is 84.3 cm³/mol. The number of hydrogen-bond acceptors (Lipinski definition) is 3. The molecule has 2 saturated heterocycles. The van der Waals surface area contributed by atoms with Gasteiger partial charge in [0.2, 0.25) is 5.91 Å². The lowest BCUT2D eigenvalue weighted by atomic mass is 9.75. The summed E-state index contributed by atoms with van der Waals surface area (Å²) < 4.78 is 5.89. The fourth-order valence-electron chi connectivity index (χ4n) is 3.89. The maximum atomic E-state index is 12.8. The van der Waals surface area contributed by atoms with Gasteiger partial charge >= 0.3 is 0 Å². The van der Waals surface area contributed by atoms with E-state index in [1.807, 2.05) is 6.07 Å². The zero-order valence-corrected chi connectivity index (χ0v) is 13.0. The number of ether oxygens (including phenoxy) is 1. The molecule has 1 amide bonds. The van der Waals surface area contributed by atoms with E-state index in [1.54, 1.807) is 0 Å². The van der Waals surface area contributed by atoms with Crippen molar-refractivity contribution in [1.82, 2.24) is 10.2 Å². The number of nitrogens with zero attached hydrogens (tertiary/aromatic N) is 1. The molecular formula is C18H24N2O2. The van der Waals surface area contributed by atoms with Crippen molar-refractivity contribution >= 4 is 5.91 Å². The number of fused-ring (bicyclic) bond motifs is 1. The molecule has 1 aromatic carbocycles. The largest absolute Gasteiger partial charge is 0.377 e. The van der Waals surface area contributed by atoms with Gasteiger partial charge in [-0.15, -0.1) is 0 Å². The summed E-state index contributed by atoms with van der Waals surface area (Å²) in [6, 6.07) is 11.0. The van der Waals surface area contributed by atoms with Crippen molar-refractivity contribution < 1.29 is 9.53 Å². The number of carbonyl (C=O) groups excluding carboxylic acids is 1. The molecule has 1 aromatic rings. The van der Waals surface area contributed by atoms with E-state index >= 15 is 0 Å². The van der Waals surface area contributed by atoms with Crippen molar-refractivity contribution in [3.05, 3.63) is 35.9 Å². The summed E-state index contributed by atoms with van der Waals surface area (Å²) in [6.45, 7) is 3.48. The predicted octanol–water partition coefficient (Wildman–Crippen LogP) is 1.95. The van der Waals surface area contributed by atoms with E-state index in [-0.39, 0.29) is 17.4 Å². The van der Waals surface area contributed by atoms with Gasteiger partial charge in [-0.3, -0.25) is 9.69 Å². The van der Waals surface area contributed by atoms with Gasteiger partial charge in [0.15, 0.2) is 0 Å². The molecule has 3 fully saturated rings. The lowest BCUT2D eigenvalue weighted by molar-refractivity contribution is -0.139. The van der Waals surface area contributed by atoms with Gasteiger partial charge in [-0.25, -0.2) is 0 Å². The van der Waals surface area contributed by atoms with Crippen LogP contribution in [0, 0.1) is 5.41 Å². The third kappa shape index (κ3) is 2.66. The molecule has 0 unspecified atom stereocenters. The van der Waals surface area contributed by atoms with Gasteiger partial charge < -0.3 is 10.1 Å². The Balaban J connectivity index is 1.49. The minimum Gasteiger partial charge on any atom is -0.377 e. The van der Waals surface area contributed by atoms with Crippen molar-refractivity contribution in [2.45, 2.75) is 44.4 Å². The molecular weight excluding hydrogens is 276 g/mol. The Morgan fingerprint density at radius 1 is 1.27 bits per heavy atom. The first-order valence-corrected chi connectivity index (χ1v) is 8.45. The first-order chi connectivity index (χ1) is 10.8. The van der Waals surface area contributed by atoms with Gasteiger partial charge in [0.05, 0.1) is 11.5 Å². The minimum absolute atomic E-state index is 0.110. The number of piperidine rings is 1. The van der Waals surface area contributed by atoms with Crippen LogP contribution in [0.3, 0.4) is 0 Å². The number of likely N-dealkylation sites (tertiary alicyclic amines) is 1. The third-order valence-corrected chi connectivity index (χ3v) is 5.31. The molecule has 0 bridgehead atoms. The Kier molecular flexibility index (Phi) is 3.66. The molecule has 118 valence electrons. The smallest absolute Gasteiger partial charge is 0.230 e. The Bertz CT molecular complexity index is 543. The first kappa shape index (κ1) is 14.2. The highest BCUT2D eigenvalue weighted by molar-refractivity contribution is 5.84. The highest BCUT2D eigenvalue weighted by atomic mass is 16.5. The standard InChI is InChI=1S/C18H24N2O2/c21-17(19-15-6-7-15)18-9-11-22-16(18)8-10-20(13-18)12-14-4-2-1-3-5-14/h1-5,15-16H,6-13H2,(H,19,21)/t16-,18-/m0/s1. The van der Waals surface area contributed by atoms with Crippen molar-refractivity contribution in [1.29, 1.82) is 0 Å². The fourth-order valence-corrected chi connectivity index (χ4v) is 3.89. The molecule has 1 saturated carbocycles. The summed E-state index contributed by atoms with van der Waals surface area (Å²) in [4.78, 5) is 15.3. The van der Waals surface area contributed by atoms with Gasteiger partial charge in [-0.2, -0.15) is 0 Å². The normalized spacial score (nSPS) is 31.7. The maximum absolute atomic E-state index is 12.8. The van der Waals surface area contributed by atoms with Gasteiger partial charge in [0, 0.05) is 32.3 Å². The Morgan fingerprint density at radius 2 is 2.09 bits per heavy atom. The second-order valence-electron chi connectivity index (χ2n) is 7.00. The maximum Gasteiger partial charge on any atom is 0.230 e. The van der Waals surface area contributed by atoms with Crippen LogP contribution in [0.1, 0.15) is 31.2 Å². The molecule has 4 nitrogen and oxygen atoms in total. The summed E-state index contributed by atoms with van der Waals surface area (Å²) in [6.07, 6.45) is 4.22. The van der Waals surface area contributed by atoms with Gasteiger partial charge in [0.1, 0.15) is 0 Å². The van der Waals surface area contributed by atoms with E-state index < -0.39 is 0 Å². The van der Waals surface area contributed by atoms with Gasteiger partial charge in [0.25, 0.3) is 0 Å². The summed E-state index contributed by atoms with van der Waals surface area (Å²) in [5, 5.41) is 3.22. The minimum atomic E-state index is -0.324. The van der Waals surface area contributed by atoms with E-state index in [1.165, 1.54) is 5.56 Å². The monoisotopic (exact) mass is 300 g/mol. The summed E-state index contributed by atoms with van der Waals surface area (Å²) in [5.74, 6) is 0.232. The summed E-state index contributed by atoms with van der Waals surface area (Å²) in [7, 11) is 0. The fraction of sp³-hybridized carbons (Fsp3) is 0.611. The summed E-state index contributed by atoms with van der Waals surface area (Å²) >= 11 is 0. The zero-order chi connectivity index (χ0) is 15.0. The van der Waals surface area contributed by atoms with Crippen LogP contribution < -0.4 is 5.32 Å². The lowest BCUT2D eigenvalue weighted by Gasteiger charge is -2.42. The SMILES string of the molecule is O=C(NC1CC1)[C@]12CCO[C@H]1CCN(Cc1ccccc1)C2. The van der Waals surface area contributed by atoms with Gasteiger partial charge in [-0.1, -0.05) is 30.3 Å². The van der Waals surface area contributed by atoms with Crippen molar-refractivity contribution in [3.63, 3.8) is 0 Å². The van der Waals surface area contributed by atoms with Crippen LogP contribution >= 0.6 is 0 Å². The van der Waals surface area contributed by atoms with Crippen LogP contribution in [0.25, 0.3) is 0 Å². The number of rotatable bonds is 4. The highest BCUT2D eigenvalue weighted by Crippen LogP contribution is 2.42. The molecule has 2 atom stereocenters. The Labute approximate surface area is 131 Å². The molecule has 0 aromatic heterocycles. The van der Waals surface area contributed by atoms with E-state index in [2.05, 4.69) is 34.5 Å². The Morgan fingerprint density at radius 3 is 2.86 bits per heavy atom. The third-order valence-electron chi connectivity index (χ3n) is 5.31. The van der Waals surface area contributed by atoms with Crippen molar-refractivity contribution in [2.24, 2.45) is 5.41 Å². The molecule has 1 N–H and O–H groups in total. The van der Waals surface area contributed by atoms with Gasteiger partial charge in [-0.05, 0) is 31.2 Å². The molecule has 1 aliphatic carbocycles. The van der Waals surface area contributed by atoms with Crippen LogP contribution in [0.4, 0.5) is 0 Å².